The Morgan fingerprint density at radius 2 is 1.62 bits per heavy atom. The predicted molar refractivity (Wildman–Crippen MR) is 99.2 cm³/mol. The molecule has 3 N–H and O–H groups in total. The molecule has 0 unspecified atom stereocenters. The number of β-amino-alcohol motifs (C(OH)–C–C–N with tert-alkyl or cyclic N) is 1. The van der Waals surface area contributed by atoms with Crippen LogP contribution in [0.3, 0.4) is 0 Å². The molecule has 5 heteroatoms. The molecule has 2 aromatic carbocycles. The molecule has 1 heterocycles. The average molecular weight is 344 g/mol. The molecule has 0 fully saturated rings. The van der Waals surface area contributed by atoms with E-state index >= 15 is 0 Å². The zero-order valence-electron chi connectivity index (χ0n) is 13.9. The standard InChI is InChI=1S/C19H24N2O2S/c1-2-14(13-22)20-11-15(23)12-21-16-7-3-5-9-18(16)24-19-10-6-4-8-17(19)21/h3-10,14-15,20,22-23H,2,11-13H2,1H3/t14-,15+/m0/s1. The van der Waals surface area contributed by atoms with Crippen LogP contribution in [0.2, 0.25) is 0 Å². The highest BCUT2D eigenvalue weighted by atomic mass is 32.2. The molecule has 4 nitrogen and oxygen atoms in total. The number of rotatable bonds is 7. The second-order valence-electron chi connectivity index (χ2n) is 6.00. The molecule has 0 aliphatic carbocycles. The van der Waals surface area contributed by atoms with Crippen LogP contribution in [0.25, 0.3) is 0 Å². The van der Waals surface area contributed by atoms with Gasteiger partial charge in [0.05, 0.1) is 30.6 Å². The van der Waals surface area contributed by atoms with Gasteiger partial charge in [-0.3, -0.25) is 0 Å². The van der Waals surface area contributed by atoms with Crippen molar-refractivity contribution in [2.45, 2.75) is 35.3 Å². The van der Waals surface area contributed by atoms with Gasteiger partial charge in [-0.2, -0.15) is 0 Å². The van der Waals surface area contributed by atoms with E-state index in [1.54, 1.807) is 11.8 Å². The minimum absolute atomic E-state index is 0.0381. The molecular formula is C19H24N2O2S. The van der Waals surface area contributed by atoms with Gasteiger partial charge in [-0.1, -0.05) is 43.0 Å². The zero-order chi connectivity index (χ0) is 16.9. The number of aliphatic hydroxyl groups excluding tert-OH is 2. The Balaban J connectivity index is 1.77. The molecule has 128 valence electrons. The van der Waals surface area contributed by atoms with Crippen LogP contribution >= 0.6 is 11.8 Å². The van der Waals surface area contributed by atoms with E-state index in [1.165, 1.54) is 9.79 Å². The molecule has 2 aromatic rings. The van der Waals surface area contributed by atoms with Gasteiger partial charge in [0, 0.05) is 22.4 Å². The third-order valence-electron chi connectivity index (χ3n) is 4.28. The van der Waals surface area contributed by atoms with E-state index in [0.717, 1.165) is 17.8 Å². The molecule has 0 saturated heterocycles. The van der Waals surface area contributed by atoms with Crippen LogP contribution in [0.15, 0.2) is 58.3 Å². The highest BCUT2D eigenvalue weighted by molar-refractivity contribution is 7.99. The highest BCUT2D eigenvalue weighted by Gasteiger charge is 2.24. The van der Waals surface area contributed by atoms with Gasteiger partial charge in [0.1, 0.15) is 0 Å². The number of anilines is 2. The predicted octanol–water partition coefficient (Wildman–Crippen LogP) is 3.01. The second-order valence-corrected chi connectivity index (χ2v) is 7.08. The molecule has 2 atom stereocenters. The van der Waals surface area contributed by atoms with E-state index in [1.807, 2.05) is 31.2 Å². The van der Waals surface area contributed by atoms with Crippen LogP contribution < -0.4 is 10.2 Å². The molecule has 0 aromatic heterocycles. The van der Waals surface area contributed by atoms with Gasteiger partial charge in [-0.05, 0) is 30.7 Å². The lowest BCUT2D eigenvalue weighted by Crippen LogP contribution is -2.42. The number of nitrogens with one attached hydrogen (secondary N) is 1. The van der Waals surface area contributed by atoms with E-state index in [9.17, 15) is 10.2 Å². The van der Waals surface area contributed by atoms with E-state index in [2.05, 4.69) is 34.5 Å². The fraction of sp³-hybridized carbons (Fsp3) is 0.368. The summed E-state index contributed by atoms with van der Waals surface area (Å²) in [5, 5.41) is 23.0. The summed E-state index contributed by atoms with van der Waals surface area (Å²) >= 11 is 1.77. The first kappa shape index (κ1) is 17.3. The van der Waals surface area contributed by atoms with Crippen LogP contribution in [-0.2, 0) is 0 Å². The van der Waals surface area contributed by atoms with Gasteiger partial charge in [-0.25, -0.2) is 0 Å². The first-order valence-electron chi connectivity index (χ1n) is 8.38. The third kappa shape index (κ3) is 3.75. The number of hydrogen-bond acceptors (Lipinski definition) is 5. The van der Waals surface area contributed by atoms with Crippen molar-refractivity contribution in [3.05, 3.63) is 48.5 Å². The van der Waals surface area contributed by atoms with Gasteiger partial charge < -0.3 is 20.4 Å². The molecule has 0 bridgehead atoms. The van der Waals surface area contributed by atoms with Crippen molar-refractivity contribution in [3.63, 3.8) is 0 Å². The number of hydrogen-bond donors (Lipinski definition) is 3. The Bertz CT molecular complexity index is 630. The van der Waals surface area contributed by atoms with Gasteiger partial charge >= 0.3 is 0 Å². The van der Waals surface area contributed by atoms with Crippen molar-refractivity contribution in [2.24, 2.45) is 0 Å². The van der Waals surface area contributed by atoms with Crippen LogP contribution in [0, 0.1) is 0 Å². The highest BCUT2D eigenvalue weighted by Crippen LogP contribution is 2.47. The van der Waals surface area contributed by atoms with Gasteiger partial charge in [0.15, 0.2) is 0 Å². The minimum atomic E-state index is -0.519. The Labute approximate surface area is 147 Å². The summed E-state index contributed by atoms with van der Waals surface area (Å²) in [5.74, 6) is 0. The lowest BCUT2D eigenvalue weighted by molar-refractivity contribution is 0.162. The number of para-hydroxylation sites is 2. The molecular weight excluding hydrogens is 320 g/mol. The van der Waals surface area contributed by atoms with Gasteiger partial charge in [0.2, 0.25) is 0 Å². The largest absolute Gasteiger partial charge is 0.395 e. The average Bonchev–Trinajstić information content (AvgIpc) is 2.62. The molecule has 3 rings (SSSR count). The molecule has 1 aliphatic rings. The summed E-state index contributed by atoms with van der Waals surface area (Å²) in [4.78, 5) is 4.60. The smallest absolute Gasteiger partial charge is 0.0843 e. The lowest BCUT2D eigenvalue weighted by atomic mass is 10.2. The van der Waals surface area contributed by atoms with E-state index < -0.39 is 6.10 Å². The fourth-order valence-corrected chi connectivity index (χ4v) is 3.99. The topological polar surface area (TPSA) is 55.7 Å². The Morgan fingerprint density at radius 1 is 1.04 bits per heavy atom. The molecule has 24 heavy (non-hydrogen) atoms. The number of nitrogens with zero attached hydrogens (tertiary/aromatic N) is 1. The summed E-state index contributed by atoms with van der Waals surface area (Å²) in [7, 11) is 0. The SMILES string of the molecule is CC[C@@H](CO)NC[C@@H](O)CN1c2ccccc2Sc2ccccc21. The van der Waals surface area contributed by atoms with Crippen LogP contribution in [-0.4, -0.2) is 42.1 Å². The maximum atomic E-state index is 10.5. The summed E-state index contributed by atoms with van der Waals surface area (Å²) in [5.41, 5.74) is 2.27. The molecule has 0 radical (unpaired) electrons. The zero-order valence-corrected chi connectivity index (χ0v) is 14.7. The maximum Gasteiger partial charge on any atom is 0.0843 e. The first-order valence-corrected chi connectivity index (χ1v) is 9.20. The molecule has 0 saturated carbocycles. The van der Waals surface area contributed by atoms with E-state index in [-0.39, 0.29) is 12.6 Å². The lowest BCUT2D eigenvalue weighted by Gasteiger charge is -2.34. The second kappa shape index (κ2) is 8.03. The summed E-state index contributed by atoms with van der Waals surface area (Å²) in [6.07, 6.45) is 0.324. The van der Waals surface area contributed by atoms with Crippen LogP contribution in [0.4, 0.5) is 11.4 Å². The Hall–Kier alpha value is -1.53. The van der Waals surface area contributed by atoms with Gasteiger partial charge in [0.25, 0.3) is 0 Å². The normalized spacial score (nSPS) is 15.5. The summed E-state index contributed by atoms with van der Waals surface area (Å²) in [6, 6.07) is 16.6. The molecule has 0 spiro atoms. The minimum Gasteiger partial charge on any atom is -0.395 e. The van der Waals surface area contributed by atoms with Crippen LogP contribution in [0.1, 0.15) is 13.3 Å². The number of benzene rings is 2. The van der Waals surface area contributed by atoms with Crippen molar-refractivity contribution >= 4 is 23.1 Å². The van der Waals surface area contributed by atoms with Gasteiger partial charge in [-0.15, -0.1) is 0 Å². The number of aliphatic hydroxyl groups is 2. The van der Waals surface area contributed by atoms with Crippen molar-refractivity contribution in [1.82, 2.24) is 5.32 Å². The molecule has 0 amide bonds. The quantitative estimate of drug-likeness (QED) is 0.721. The van der Waals surface area contributed by atoms with Crippen molar-refractivity contribution in [3.8, 4) is 0 Å². The first-order chi connectivity index (χ1) is 11.7. The Morgan fingerprint density at radius 3 is 2.17 bits per heavy atom. The van der Waals surface area contributed by atoms with E-state index in [0.29, 0.717) is 13.1 Å². The van der Waals surface area contributed by atoms with Crippen LogP contribution in [0.5, 0.6) is 0 Å². The number of fused-ring (bicyclic) bond motifs is 2. The monoisotopic (exact) mass is 344 g/mol. The fourth-order valence-electron chi connectivity index (χ4n) is 2.89. The summed E-state index contributed by atoms with van der Waals surface area (Å²) in [6.45, 7) is 3.10. The van der Waals surface area contributed by atoms with Crippen molar-refractivity contribution in [2.75, 3.05) is 24.6 Å². The maximum absolute atomic E-state index is 10.5. The van der Waals surface area contributed by atoms with Crippen molar-refractivity contribution in [1.29, 1.82) is 0 Å². The Kier molecular flexibility index (Phi) is 5.79. The van der Waals surface area contributed by atoms with E-state index in [4.69, 9.17) is 0 Å². The van der Waals surface area contributed by atoms with Crippen molar-refractivity contribution < 1.29 is 10.2 Å². The third-order valence-corrected chi connectivity index (χ3v) is 5.41. The summed E-state index contributed by atoms with van der Waals surface area (Å²) < 4.78 is 0. The molecule has 1 aliphatic heterocycles.